The van der Waals surface area contributed by atoms with Crippen molar-refractivity contribution in [1.82, 2.24) is 20.1 Å². The lowest BCUT2D eigenvalue weighted by Gasteiger charge is -2.32. The van der Waals surface area contributed by atoms with Crippen LogP contribution in [0.4, 0.5) is 4.39 Å². The van der Waals surface area contributed by atoms with Crippen molar-refractivity contribution in [2.45, 2.75) is 18.9 Å². The predicted molar refractivity (Wildman–Crippen MR) is 106 cm³/mol. The summed E-state index contributed by atoms with van der Waals surface area (Å²) in [5.41, 5.74) is 2.04. The van der Waals surface area contributed by atoms with Gasteiger partial charge in [-0.3, -0.25) is 9.89 Å². The molecular formula is C20H28FN5O. The van der Waals surface area contributed by atoms with E-state index in [1.54, 1.807) is 6.07 Å². The summed E-state index contributed by atoms with van der Waals surface area (Å²) in [6.45, 7) is 6.61. The van der Waals surface area contributed by atoms with Gasteiger partial charge in [-0.05, 0) is 36.6 Å². The van der Waals surface area contributed by atoms with E-state index in [2.05, 4.69) is 25.1 Å². The highest BCUT2D eigenvalue weighted by Gasteiger charge is 2.30. The summed E-state index contributed by atoms with van der Waals surface area (Å²) in [5, 5.41) is 4.58. The van der Waals surface area contributed by atoms with E-state index in [4.69, 9.17) is 4.74 Å². The van der Waals surface area contributed by atoms with Gasteiger partial charge in [0, 0.05) is 62.9 Å². The lowest BCUT2D eigenvalue weighted by atomic mass is 10.1. The molecule has 0 spiro atoms. The van der Waals surface area contributed by atoms with Crippen LogP contribution in [-0.2, 0) is 11.2 Å². The largest absolute Gasteiger partial charge is 0.379 e. The van der Waals surface area contributed by atoms with Gasteiger partial charge in [0.15, 0.2) is 5.96 Å². The molecule has 2 N–H and O–H groups in total. The number of hydrogen-bond donors (Lipinski definition) is 2. The van der Waals surface area contributed by atoms with Crippen LogP contribution in [-0.4, -0.2) is 79.8 Å². The summed E-state index contributed by atoms with van der Waals surface area (Å²) >= 11 is 0. The topological polar surface area (TPSA) is 55.9 Å². The minimum atomic E-state index is -0.210. The maximum atomic E-state index is 13.3. The second-order valence-electron chi connectivity index (χ2n) is 7.26. The monoisotopic (exact) mass is 373 g/mol. The van der Waals surface area contributed by atoms with Crippen molar-refractivity contribution < 1.29 is 9.13 Å². The molecule has 6 nitrogen and oxygen atoms in total. The summed E-state index contributed by atoms with van der Waals surface area (Å²) in [6, 6.07) is 5.50. The first-order chi connectivity index (χ1) is 13.2. The Balaban J connectivity index is 1.30. The summed E-state index contributed by atoms with van der Waals surface area (Å²) in [7, 11) is 1.85. The number of likely N-dealkylation sites (tertiary alicyclic amines) is 1. The maximum absolute atomic E-state index is 13.3. The van der Waals surface area contributed by atoms with E-state index in [9.17, 15) is 4.39 Å². The van der Waals surface area contributed by atoms with Crippen LogP contribution < -0.4 is 5.32 Å². The van der Waals surface area contributed by atoms with Crippen molar-refractivity contribution in [1.29, 1.82) is 0 Å². The average molecular weight is 373 g/mol. The molecule has 3 heterocycles. The Morgan fingerprint density at radius 3 is 3.00 bits per heavy atom. The van der Waals surface area contributed by atoms with Gasteiger partial charge in [-0.15, -0.1) is 0 Å². The molecule has 7 heteroatoms. The number of guanidine groups is 1. The first-order valence-electron chi connectivity index (χ1n) is 9.77. The fraction of sp³-hybridized carbons (Fsp3) is 0.550. The molecule has 1 aromatic carbocycles. The maximum Gasteiger partial charge on any atom is 0.193 e. The van der Waals surface area contributed by atoms with Gasteiger partial charge in [0.1, 0.15) is 5.82 Å². The van der Waals surface area contributed by atoms with Crippen molar-refractivity contribution >= 4 is 16.9 Å². The van der Waals surface area contributed by atoms with Crippen LogP contribution in [0, 0.1) is 5.82 Å². The summed E-state index contributed by atoms with van der Waals surface area (Å²) < 4.78 is 18.8. The number of H-pyrrole nitrogens is 1. The number of nitrogens with zero attached hydrogens (tertiary/aromatic N) is 3. The number of fused-ring (bicyclic) bond motifs is 1. The molecule has 4 rings (SSSR count). The van der Waals surface area contributed by atoms with Crippen molar-refractivity contribution in [3.05, 3.63) is 35.8 Å². The predicted octanol–water partition coefficient (Wildman–Crippen LogP) is 1.83. The number of nitrogens with one attached hydrogen (secondary N) is 2. The second kappa shape index (κ2) is 8.27. The summed E-state index contributed by atoms with van der Waals surface area (Å²) in [4.78, 5) is 12.5. The minimum absolute atomic E-state index is 0.210. The van der Waals surface area contributed by atoms with E-state index in [1.165, 1.54) is 18.1 Å². The quantitative estimate of drug-likeness (QED) is 0.634. The minimum Gasteiger partial charge on any atom is -0.379 e. The summed E-state index contributed by atoms with van der Waals surface area (Å²) in [6.07, 6.45) is 4.01. The van der Waals surface area contributed by atoms with Crippen molar-refractivity contribution in [2.24, 2.45) is 4.99 Å². The third-order valence-electron chi connectivity index (χ3n) is 5.64. The molecule has 2 fully saturated rings. The van der Waals surface area contributed by atoms with Gasteiger partial charge in [-0.2, -0.15) is 0 Å². The Hall–Kier alpha value is -2.12. The Morgan fingerprint density at radius 2 is 2.19 bits per heavy atom. The van der Waals surface area contributed by atoms with Crippen molar-refractivity contribution in [3.8, 4) is 0 Å². The smallest absolute Gasteiger partial charge is 0.193 e. The van der Waals surface area contributed by atoms with Crippen molar-refractivity contribution in [3.63, 3.8) is 0 Å². The molecule has 0 saturated carbocycles. The number of morpholine rings is 1. The van der Waals surface area contributed by atoms with Gasteiger partial charge in [0.2, 0.25) is 0 Å². The van der Waals surface area contributed by atoms with E-state index in [0.717, 1.165) is 69.2 Å². The van der Waals surface area contributed by atoms with Crippen LogP contribution in [0.1, 0.15) is 12.0 Å². The number of benzene rings is 1. The highest BCUT2D eigenvalue weighted by molar-refractivity contribution is 5.83. The Morgan fingerprint density at radius 1 is 1.33 bits per heavy atom. The molecule has 146 valence electrons. The van der Waals surface area contributed by atoms with Crippen LogP contribution in [0.25, 0.3) is 10.9 Å². The lowest BCUT2D eigenvalue weighted by Crippen LogP contribution is -2.46. The molecular weight excluding hydrogens is 345 g/mol. The van der Waals surface area contributed by atoms with Crippen LogP contribution in [0.15, 0.2) is 29.4 Å². The zero-order valence-electron chi connectivity index (χ0n) is 15.9. The molecule has 0 aliphatic carbocycles. The van der Waals surface area contributed by atoms with Crippen LogP contribution in [0.5, 0.6) is 0 Å². The molecule has 2 aliphatic heterocycles. The van der Waals surface area contributed by atoms with Crippen LogP contribution >= 0.6 is 0 Å². The molecule has 2 aliphatic rings. The molecule has 27 heavy (non-hydrogen) atoms. The van der Waals surface area contributed by atoms with Crippen LogP contribution in [0.2, 0.25) is 0 Å². The summed E-state index contributed by atoms with van der Waals surface area (Å²) in [5.74, 6) is 0.759. The molecule has 2 aromatic rings. The Bertz CT molecular complexity index is 799. The fourth-order valence-corrected chi connectivity index (χ4v) is 4.18. The number of hydrogen-bond acceptors (Lipinski definition) is 3. The number of ether oxygens (including phenoxy) is 1. The zero-order chi connectivity index (χ0) is 18.6. The third-order valence-corrected chi connectivity index (χ3v) is 5.64. The normalized spacial score (nSPS) is 21.9. The average Bonchev–Trinajstić information content (AvgIpc) is 3.33. The van der Waals surface area contributed by atoms with E-state index < -0.39 is 0 Å². The standard InChI is InChI=1S/C20H28FN5O/c1-22-20(26-7-5-17(14-26)25-8-10-27-11-9-25)23-6-4-15-13-24-19-12-16(21)2-3-18(15)19/h2-3,12-13,17,24H,4-11,14H2,1H3,(H,22,23). The van der Waals surface area contributed by atoms with Gasteiger partial charge in [0.05, 0.1) is 13.2 Å². The molecule has 1 atom stereocenters. The highest BCUT2D eigenvalue weighted by Crippen LogP contribution is 2.20. The number of aromatic amines is 1. The van der Waals surface area contributed by atoms with Gasteiger partial charge in [0.25, 0.3) is 0 Å². The molecule has 1 aromatic heterocycles. The van der Waals surface area contributed by atoms with E-state index in [0.29, 0.717) is 6.04 Å². The SMILES string of the molecule is CN=C(NCCc1c[nH]c2cc(F)ccc12)N1CCC(N2CCOCC2)C1. The molecule has 2 saturated heterocycles. The number of aromatic nitrogens is 1. The fourth-order valence-electron chi connectivity index (χ4n) is 4.18. The molecule has 1 unspecified atom stereocenters. The van der Waals surface area contributed by atoms with Crippen molar-refractivity contribution in [2.75, 3.05) is 53.0 Å². The lowest BCUT2D eigenvalue weighted by molar-refractivity contribution is 0.0195. The number of aliphatic imine (C=N–C) groups is 1. The molecule has 0 amide bonds. The van der Waals surface area contributed by atoms with Gasteiger partial charge < -0.3 is 19.9 Å². The van der Waals surface area contributed by atoms with E-state index >= 15 is 0 Å². The Labute approximate surface area is 159 Å². The molecule has 0 radical (unpaired) electrons. The molecule has 0 bridgehead atoms. The van der Waals surface area contributed by atoms with E-state index in [-0.39, 0.29) is 5.82 Å². The first kappa shape index (κ1) is 18.3. The van der Waals surface area contributed by atoms with E-state index in [1.807, 2.05) is 19.3 Å². The van der Waals surface area contributed by atoms with Gasteiger partial charge >= 0.3 is 0 Å². The van der Waals surface area contributed by atoms with Gasteiger partial charge in [-0.25, -0.2) is 4.39 Å². The third kappa shape index (κ3) is 4.09. The number of halogens is 1. The second-order valence-corrected chi connectivity index (χ2v) is 7.26. The zero-order valence-corrected chi connectivity index (χ0v) is 15.9. The Kier molecular flexibility index (Phi) is 5.59. The van der Waals surface area contributed by atoms with Gasteiger partial charge in [-0.1, -0.05) is 0 Å². The highest BCUT2D eigenvalue weighted by atomic mass is 19.1. The van der Waals surface area contributed by atoms with Crippen LogP contribution in [0.3, 0.4) is 0 Å². The number of rotatable bonds is 4. The first-order valence-corrected chi connectivity index (χ1v) is 9.77.